The summed E-state index contributed by atoms with van der Waals surface area (Å²) in [5, 5.41) is 0. The molecule has 1 fully saturated rings. The van der Waals surface area contributed by atoms with Crippen LogP contribution in [0, 0.1) is 0 Å². The maximum Gasteiger partial charge on any atom is 0.269 e. The first-order valence-electron chi connectivity index (χ1n) is 9.90. The summed E-state index contributed by atoms with van der Waals surface area (Å²) < 4.78 is 12.0. The van der Waals surface area contributed by atoms with Gasteiger partial charge in [-0.15, -0.1) is 0 Å². The number of carbonyl (C=O) groups is 3. The number of halogens is 1. The van der Waals surface area contributed by atoms with E-state index in [1.807, 2.05) is 12.1 Å². The van der Waals surface area contributed by atoms with E-state index in [-0.39, 0.29) is 25.0 Å². The number of benzene rings is 2. The fraction of sp³-hybridized carbons (Fsp3) is 0.182. The molecule has 2 aromatic carbocycles. The fourth-order valence-corrected chi connectivity index (χ4v) is 4.68. The molecule has 2 aliphatic heterocycles. The van der Waals surface area contributed by atoms with Crippen molar-refractivity contribution in [1.82, 2.24) is 15.8 Å². The molecule has 3 amide bonds. The van der Waals surface area contributed by atoms with Gasteiger partial charge in [-0.3, -0.25) is 30.1 Å². The number of thiocarbonyl (C=S) groups is 1. The van der Waals surface area contributed by atoms with Gasteiger partial charge in [0.05, 0.1) is 4.91 Å². The Labute approximate surface area is 207 Å². The van der Waals surface area contributed by atoms with Crippen LogP contribution in [0.15, 0.2) is 51.8 Å². The van der Waals surface area contributed by atoms with Crippen LogP contribution in [0.3, 0.4) is 0 Å². The zero-order valence-corrected chi connectivity index (χ0v) is 20.3. The van der Waals surface area contributed by atoms with Crippen LogP contribution in [0.2, 0.25) is 0 Å². The number of hydrogen-bond donors (Lipinski definition) is 2. The van der Waals surface area contributed by atoms with E-state index in [1.165, 1.54) is 16.7 Å². The van der Waals surface area contributed by atoms with Crippen molar-refractivity contribution >= 4 is 68.0 Å². The SMILES string of the molecule is O=C(CCCN1C(=O)/C(=C/c2ccc3c(c2)OCO3)SC1=S)NNC(=O)c1ccc(Br)cc1. The largest absolute Gasteiger partial charge is 0.454 e. The van der Waals surface area contributed by atoms with Crippen LogP contribution in [-0.4, -0.2) is 40.3 Å². The summed E-state index contributed by atoms with van der Waals surface area (Å²) in [6, 6.07) is 12.2. The molecule has 0 aromatic heterocycles. The summed E-state index contributed by atoms with van der Waals surface area (Å²) in [4.78, 5) is 38.8. The first-order chi connectivity index (χ1) is 15.9. The molecular weight excluding hydrogens is 530 g/mol. The summed E-state index contributed by atoms with van der Waals surface area (Å²) in [6.45, 7) is 0.486. The average molecular weight is 548 g/mol. The van der Waals surface area contributed by atoms with E-state index in [2.05, 4.69) is 26.8 Å². The van der Waals surface area contributed by atoms with Crippen molar-refractivity contribution in [2.75, 3.05) is 13.3 Å². The van der Waals surface area contributed by atoms with E-state index in [0.717, 1.165) is 10.0 Å². The Balaban J connectivity index is 1.25. The Hall–Kier alpha value is -2.89. The highest BCUT2D eigenvalue weighted by atomic mass is 79.9. The van der Waals surface area contributed by atoms with E-state index in [0.29, 0.717) is 39.3 Å². The molecule has 0 atom stereocenters. The van der Waals surface area contributed by atoms with Crippen LogP contribution in [-0.2, 0) is 9.59 Å². The molecule has 0 saturated carbocycles. The van der Waals surface area contributed by atoms with Crippen molar-refractivity contribution in [3.05, 3.63) is 63.0 Å². The van der Waals surface area contributed by atoms with Crippen molar-refractivity contribution < 1.29 is 23.9 Å². The molecule has 0 radical (unpaired) electrons. The number of nitrogens with zero attached hydrogens (tertiary/aromatic N) is 1. The predicted molar refractivity (Wildman–Crippen MR) is 131 cm³/mol. The van der Waals surface area contributed by atoms with Crippen LogP contribution in [0.25, 0.3) is 6.08 Å². The van der Waals surface area contributed by atoms with E-state index in [1.54, 1.807) is 36.4 Å². The van der Waals surface area contributed by atoms with Crippen LogP contribution in [0.1, 0.15) is 28.8 Å². The molecule has 0 aliphatic carbocycles. The molecule has 11 heteroatoms. The summed E-state index contributed by atoms with van der Waals surface area (Å²) >= 11 is 9.86. The molecule has 2 N–H and O–H groups in total. The molecular formula is C22H18BrN3O5S2. The van der Waals surface area contributed by atoms with Crippen LogP contribution < -0.4 is 20.3 Å². The van der Waals surface area contributed by atoms with Gasteiger partial charge in [0.15, 0.2) is 11.5 Å². The molecule has 170 valence electrons. The number of rotatable bonds is 6. The lowest BCUT2D eigenvalue weighted by Gasteiger charge is -2.14. The quantitative estimate of drug-likeness (QED) is 0.324. The maximum atomic E-state index is 12.8. The van der Waals surface area contributed by atoms with Gasteiger partial charge in [0, 0.05) is 23.0 Å². The Morgan fingerprint density at radius 3 is 2.67 bits per heavy atom. The van der Waals surface area contributed by atoms with Crippen molar-refractivity contribution in [3.8, 4) is 11.5 Å². The molecule has 0 unspecified atom stereocenters. The molecule has 4 rings (SSSR count). The van der Waals surface area contributed by atoms with E-state index in [9.17, 15) is 14.4 Å². The first kappa shape index (κ1) is 23.3. The highest BCUT2D eigenvalue weighted by molar-refractivity contribution is 9.10. The minimum Gasteiger partial charge on any atom is -0.454 e. The van der Waals surface area contributed by atoms with Gasteiger partial charge < -0.3 is 9.47 Å². The highest BCUT2D eigenvalue weighted by Gasteiger charge is 2.31. The van der Waals surface area contributed by atoms with Gasteiger partial charge >= 0.3 is 0 Å². The summed E-state index contributed by atoms with van der Waals surface area (Å²) in [5.41, 5.74) is 5.98. The van der Waals surface area contributed by atoms with Gasteiger partial charge in [-0.2, -0.15) is 0 Å². The molecule has 2 aromatic rings. The van der Waals surface area contributed by atoms with Gasteiger partial charge in [-0.25, -0.2) is 0 Å². The van der Waals surface area contributed by atoms with Crippen LogP contribution >= 0.6 is 39.9 Å². The van der Waals surface area contributed by atoms with Crippen molar-refractivity contribution in [3.63, 3.8) is 0 Å². The number of fused-ring (bicyclic) bond motifs is 1. The number of hydrogen-bond acceptors (Lipinski definition) is 7. The molecule has 0 spiro atoms. The molecule has 2 heterocycles. The number of nitrogens with one attached hydrogen (secondary N) is 2. The molecule has 1 saturated heterocycles. The highest BCUT2D eigenvalue weighted by Crippen LogP contribution is 2.36. The van der Waals surface area contributed by atoms with Crippen molar-refractivity contribution in [2.24, 2.45) is 0 Å². The van der Waals surface area contributed by atoms with Gasteiger partial charge in [0.2, 0.25) is 12.7 Å². The minimum absolute atomic E-state index is 0.124. The zero-order chi connectivity index (χ0) is 23.4. The number of thioether (sulfide) groups is 1. The lowest BCUT2D eigenvalue weighted by Crippen LogP contribution is -2.41. The van der Waals surface area contributed by atoms with Crippen LogP contribution in [0.4, 0.5) is 0 Å². The summed E-state index contributed by atoms with van der Waals surface area (Å²) in [7, 11) is 0. The lowest BCUT2D eigenvalue weighted by atomic mass is 10.2. The zero-order valence-electron chi connectivity index (χ0n) is 17.1. The second-order valence-electron chi connectivity index (χ2n) is 7.06. The third kappa shape index (κ3) is 5.73. The standard InChI is InChI=1S/C22H18BrN3O5S2/c23-15-6-4-14(5-7-15)20(28)25-24-19(27)2-1-9-26-21(29)18(33-22(26)32)11-13-3-8-16-17(10-13)31-12-30-16/h3-8,10-11H,1-2,9,12H2,(H,24,27)(H,25,28)/b18-11-. The Bertz CT molecular complexity index is 1150. The van der Waals surface area contributed by atoms with E-state index >= 15 is 0 Å². The van der Waals surface area contributed by atoms with Crippen molar-refractivity contribution in [1.29, 1.82) is 0 Å². The minimum atomic E-state index is -0.415. The first-order valence-corrected chi connectivity index (χ1v) is 11.9. The second kappa shape index (κ2) is 10.4. The third-order valence-corrected chi connectivity index (χ3v) is 6.68. The summed E-state index contributed by atoms with van der Waals surface area (Å²) in [5.74, 6) is 0.332. The number of amides is 3. The topological polar surface area (TPSA) is 97.0 Å². The Morgan fingerprint density at radius 2 is 1.88 bits per heavy atom. The summed E-state index contributed by atoms with van der Waals surface area (Å²) in [6.07, 6.45) is 2.27. The maximum absolute atomic E-state index is 12.8. The number of ether oxygens (including phenoxy) is 2. The Morgan fingerprint density at radius 1 is 1.12 bits per heavy atom. The fourth-order valence-electron chi connectivity index (χ4n) is 3.11. The average Bonchev–Trinajstić information content (AvgIpc) is 3.37. The van der Waals surface area contributed by atoms with Gasteiger partial charge in [-0.1, -0.05) is 46.0 Å². The molecule has 0 bridgehead atoms. The number of carbonyl (C=O) groups excluding carboxylic acids is 3. The van der Waals surface area contributed by atoms with Gasteiger partial charge in [-0.05, 0) is 54.5 Å². The number of hydrazine groups is 1. The normalized spacial score (nSPS) is 15.8. The van der Waals surface area contributed by atoms with Crippen molar-refractivity contribution in [2.45, 2.75) is 12.8 Å². The predicted octanol–water partition coefficient (Wildman–Crippen LogP) is 3.62. The van der Waals surface area contributed by atoms with E-state index in [4.69, 9.17) is 21.7 Å². The van der Waals surface area contributed by atoms with Gasteiger partial charge in [0.25, 0.3) is 11.8 Å². The Kier molecular flexibility index (Phi) is 7.31. The molecule has 33 heavy (non-hydrogen) atoms. The molecule has 2 aliphatic rings. The van der Waals surface area contributed by atoms with E-state index < -0.39 is 5.91 Å². The second-order valence-corrected chi connectivity index (χ2v) is 9.65. The lowest BCUT2D eigenvalue weighted by molar-refractivity contribution is -0.124. The third-order valence-electron chi connectivity index (χ3n) is 4.78. The molecule has 8 nitrogen and oxygen atoms in total. The van der Waals surface area contributed by atoms with Gasteiger partial charge in [0.1, 0.15) is 4.32 Å². The monoisotopic (exact) mass is 547 g/mol. The van der Waals surface area contributed by atoms with Crippen LogP contribution in [0.5, 0.6) is 11.5 Å². The smallest absolute Gasteiger partial charge is 0.269 e.